The molecule has 25 heavy (non-hydrogen) atoms. The number of quaternary nitrogens is 1. The molecule has 2 aromatic carbocycles. The molecule has 0 aromatic heterocycles. The first-order valence-corrected chi connectivity index (χ1v) is 9.01. The summed E-state index contributed by atoms with van der Waals surface area (Å²) in [6.45, 7) is 0.663. The number of anilines is 1. The number of nitrogens with one attached hydrogen (secondary N) is 3. The largest absolute Gasteiger partial charge is 0.496 e. The molecule has 0 spiro atoms. The summed E-state index contributed by atoms with van der Waals surface area (Å²) in [6, 6.07) is 13.5. The molecule has 4 nitrogen and oxygen atoms in total. The lowest BCUT2D eigenvalue weighted by Crippen LogP contribution is -3.07. The molecule has 134 valence electrons. The SMILES string of the molecule is COc1ccccc1[C@H](CNC(=S)Nc1ccc(Cl)c(Cl)c1)[NH+](C)C. The smallest absolute Gasteiger partial charge is 0.171 e. The fourth-order valence-corrected chi connectivity index (χ4v) is 3.02. The highest BCUT2D eigenvalue weighted by molar-refractivity contribution is 7.80. The minimum Gasteiger partial charge on any atom is -0.496 e. The lowest BCUT2D eigenvalue weighted by Gasteiger charge is -2.24. The summed E-state index contributed by atoms with van der Waals surface area (Å²) in [5.41, 5.74) is 1.92. The molecular formula is C18H22Cl2N3OS+. The van der Waals surface area contributed by atoms with Gasteiger partial charge in [-0.05, 0) is 42.5 Å². The fourth-order valence-electron chi connectivity index (χ4n) is 2.52. The predicted molar refractivity (Wildman–Crippen MR) is 109 cm³/mol. The van der Waals surface area contributed by atoms with E-state index in [2.05, 4.69) is 30.8 Å². The van der Waals surface area contributed by atoms with Crippen molar-refractivity contribution in [2.45, 2.75) is 6.04 Å². The van der Waals surface area contributed by atoms with E-state index in [0.717, 1.165) is 17.0 Å². The first kappa shape index (κ1) is 19.8. The molecule has 0 aliphatic heterocycles. The molecular weight excluding hydrogens is 377 g/mol. The van der Waals surface area contributed by atoms with E-state index in [1.807, 2.05) is 24.3 Å². The highest BCUT2D eigenvalue weighted by Crippen LogP contribution is 2.25. The zero-order valence-electron chi connectivity index (χ0n) is 14.4. The van der Waals surface area contributed by atoms with Gasteiger partial charge in [-0.2, -0.15) is 0 Å². The average Bonchev–Trinajstić information content (AvgIpc) is 2.58. The van der Waals surface area contributed by atoms with Crippen molar-refractivity contribution in [1.82, 2.24) is 5.32 Å². The molecule has 0 amide bonds. The standard InChI is InChI=1S/C18H21Cl2N3OS/c1-23(2)16(13-6-4-5-7-17(13)24-3)11-21-18(25)22-12-8-9-14(19)15(20)10-12/h4-10,16H,11H2,1-3H3,(H2,21,22,25)/p+1/t16-/m0/s1. The van der Waals surface area contributed by atoms with Crippen LogP contribution in [-0.2, 0) is 0 Å². The van der Waals surface area contributed by atoms with Gasteiger partial charge in [-0.15, -0.1) is 0 Å². The van der Waals surface area contributed by atoms with Crippen molar-refractivity contribution in [1.29, 1.82) is 0 Å². The number of benzene rings is 2. The van der Waals surface area contributed by atoms with Crippen molar-refractivity contribution in [3.05, 3.63) is 58.1 Å². The van der Waals surface area contributed by atoms with E-state index in [1.54, 1.807) is 19.2 Å². The van der Waals surface area contributed by atoms with Gasteiger partial charge in [-0.3, -0.25) is 0 Å². The number of rotatable bonds is 6. The third kappa shape index (κ3) is 5.47. The normalized spacial score (nSPS) is 11.9. The summed E-state index contributed by atoms with van der Waals surface area (Å²) >= 11 is 17.3. The lowest BCUT2D eigenvalue weighted by molar-refractivity contribution is -0.890. The maximum atomic E-state index is 6.03. The van der Waals surface area contributed by atoms with Crippen molar-refractivity contribution in [2.75, 3.05) is 33.1 Å². The highest BCUT2D eigenvalue weighted by Gasteiger charge is 2.21. The van der Waals surface area contributed by atoms with Gasteiger partial charge in [0.1, 0.15) is 11.8 Å². The summed E-state index contributed by atoms with van der Waals surface area (Å²) in [5, 5.41) is 7.91. The lowest BCUT2D eigenvalue weighted by atomic mass is 10.0. The van der Waals surface area contributed by atoms with Crippen LogP contribution in [-0.4, -0.2) is 32.9 Å². The van der Waals surface area contributed by atoms with E-state index >= 15 is 0 Å². The molecule has 0 saturated heterocycles. The number of hydrogen-bond donors (Lipinski definition) is 3. The molecule has 0 radical (unpaired) electrons. The molecule has 7 heteroatoms. The average molecular weight is 399 g/mol. The second-order valence-corrected chi connectivity index (χ2v) is 7.06. The Kier molecular flexibility index (Phi) is 7.32. The first-order valence-electron chi connectivity index (χ1n) is 7.85. The van der Waals surface area contributed by atoms with E-state index in [0.29, 0.717) is 21.7 Å². The van der Waals surface area contributed by atoms with Crippen LogP contribution < -0.4 is 20.3 Å². The van der Waals surface area contributed by atoms with Crippen LogP contribution in [0.3, 0.4) is 0 Å². The van der Waals surface area contributed by atoms with Gasteiger partial charge in [0.25, 0.3) is 0 Å². The van der Waals surface area contributed by atoms with Crippen LogP contribution in [0.2, 0.25) is 10.0 Å². The Bertz CT molecular complexity index is 740. The molecule has 0 aliphatic rings. The van der Waals surface area contributed by atoms with E-state index in [4.69, 9.17) is 40.2 Å². The van der Waals surface area contributed by atoms with E-state index < -0.39 is 0 Å². The van der Waals surface area contributed by atoms with Gasteiger partial charge in [-0.1, -0.05) is 35.3 Å². The van der Waals surface area contributed by atoms with Crippen LogP contribution in [0.5, 0.6) is 5.75 Å². The van der Waals surface area contributed by atoms with Crippen molar-refractivity contribution < 1.29 is 9.64 Å². The Hall–Kier alpha value is -1.53. The molecule has 0 unspecified atom stereocenters. The number of para-hydroxylation sites is 1. The van der Waals surface area contributed by atoms with Crippen LogP contribution >= 0.6 is 35.4 Å². The molecule has 0 aliphatic carbocycles. The Morgan fingerprint density at radius 3 is 2.52 bits per heavy atom. The van der Waals surface area contributed by atoms with E-state index in [9.17, 15) is 0 Å². The monoisotopic (exact) mass is 398 g/mol. The maximum Gasteiger partial charge on any atom is 0.171 e. The van der Waals surface area contributed by atoms with Gasteiger partial charge in [0.15, 0.2) is 5.11 Å². The molecule has 0 bridgehead atoms. The van der Waals surface area contributed by atoms with Gasteiger partial charge < -0.3 is 20.3 Å². The fraction of sp³-hybridized carbons (Fsp3) is 0.278. The van der Waals surface area contributed by atoms with E-state index in [-0.39, 0.29) is 6.04 Å². The molecule has 0 heterocycles. The van der Waals surface area contributed by atoms with Crippen molar-refractivity contribution in [3.8, 4) is 5.75 Å². The molecule has 0 fully saturated rings. The summed E-state index contributed by atoms with van der Waals surface area (Å²) in [4.78, 5) is 1.27. The van der Waals surface area contributed by atoms with Gasteiger partial charge >= 0.3 is 0 Å². The number of halogens is 2. The van der Waals surface area contributed by atoms with Crippen LogP contribution in [0.25, 0.3) is 0 Å². The van der Waals surface area contributed by atoms with Crippen molar-refractivity contribution in [2.24, 2.45) is 0 Å². The maximum absolute atomic E-state index is 6.03. The van der Waals surface area contributed by atoms with Crippen LogP contribution in [0.4, 0.5) is 5.69 Å². The molecule has 2 rings (SSSR count). The summed E-state index contributed by atoms with van der Waals surface area (Å²) in [7, 11) is 5.90. The van der Waals surface area contributed by atoms with Crippen molar-refractivity contribution >= 4 is 46.2 Å². The quantitative estimate of drug-likeness (QED) is 0.653. The van der Waals surface area contributed by atoms with Gasteiger partial charge in [0.2, 0.25) is 0 Å². The third-order valence-corrected chi connectivity index (χ3v) is 4.84. The number of ether oxygens (including phenoxy) is 1. The number of likely N-dealkylation sites (N-methyl/N-ethyl adjacent to an activating group) is 1. The minimum atomic E-state index is 0.185. The number of methoxy groups -OCH3 is 1. The molecule has 0 saturated carbocycles. The van der Waals surface area contributed by atoms with Crippen LogP contribution in [0, 0.1) is 0 Å². The number of hydrogen-bond acceptors (Lipinski definition) is 2. The third-order valence-electron chi connectivity index (χ3n) is 3.86. The summed E-state index contributed by atoms with van der Waals surface area (Å²) < 4.78 is 5.49. The van der Waals surface area contributed by atoms with Gasteiger partial charge in [0.05, 0.1) is 43.4 Å². The van der Waals surface area contributed by atoms with Crippen molar-refractivity contribution in [3.63, 3.8) is 0 Å². The Balaban J connectivity index is 2.03. The Labute approximate surface area is 164 Å². The molecule has 1 atom stereocenters. The highest BCUT2D eigenvalue weighted by atomic mass is 35.5. The topological polar surface area (TPSA) is 37.7 Å². The van der Waals surface area contributed by atoms with E-state index in [1.165, 1.54) is 4.90 Å². The predicted octanol–water partition coefficient (Wildman–Crippen LogP) is 3.17. The molecule has 3 N–H and O–H groups in total. The first-order chi connectivity index (χ1) is 11.9. The molecule has 2 aromatic rings. The Morgan fingerprint density at radius 1 is 1.16 bits per heavy atom. The summed E-state index contributed by atoms with van der Waals surface area (Å²) in [6.07, 6.45) is 0. The Morgan fingerprint density at radius 2 is 1.88 bits per heavy atom. The zero-order chi connectivity index (χ0) is 18.4. The number of thiocarbonyl (C=S) groups is 1. The second-order valence-electron chi connectivity index (χ2n) is 5.84. The van der Waals surface area contributed by atoms with Gasteiger partial charge in [0, 0.05) is 5.69 Å². The second kappa shape index (κ2) is 9.25. The van der Waals surface area contributed by atoms with Crippen LogP contribution in [0.1, 0.15) is 11.6 Å². The van der Waals surface area contributed by atoms with Crippen LogP contribution in [0.15, 0.2) is 42.5 Å². The zero-order valence-corrected chi connectivity index (χ0v) is 16.7. The van der Waals surface area contributed by atoms with Gasteiger partial charge in [-0.25, -0.2) is 0 Å². The minimum absolute atomic E-state index is 0.185. The summed E-state index contributed by atoms with van der Waals surface area (Å²) in [5.74, 6) is 0.874.